The molecule has 1 aromatic rings. The number of thiophene rings is 1. The first-order chi connectivity index (χ1) is 9.00. The highest BCUT2D eigenvalue weighted by Crippen LogP contribution is 2.16. The lowest BCUT2D eigenvalue weighted by atomic mass is 10.2. The van der Waals surface area contributed by atoms with E-state index in [1.54, 1.807) is 23.3 Å². The van der Waals surface area contributed by atoms with Gasteiger partial charge in [0.15, 0.2) is 0 Å². The standard InChI is InChI=1S/C11H17N3O3S2/c1-9(11(15)14-6-4-12-5-7-14)13-19(16,17)10-3-2-8-18-10/h2-3,8-9,12-13H,4-7H2,1H3. The van der Waals surface area contributed by atoms with Gasteiger partial charge in [0.1, 0.15) is 4.21 Å². The van der Waals surface area contributed by atoms with Crippen molar-refractivity contribution in [2.75, 3.05) is 26.2 Å². The van der Waals surface area contributed by atoms with Crippen LogP contribution in [0.1, 0.15) is 6.92 Å². The highest BCUT2D eigenvalue weighted by Gasteiger charge is 2.26. The molecule has 1 fully saturated rings. The Labute approximate surface area is 116 Å². The van der Waals surface area contributed by atoms with Gasteiger partial charge in [-0.25, -0.2) is 8.42 Å². The topological polar surface area (TPSA) is 78.5 Å². The molecule has 1 aromatic heterocycles. The van der Waals surface area contributed by atoms with Crippen LogP contribution in [0.25, 0.3) is 0 Å². The fraction of sp³-hybridized carbons (Fsp3) is 0.545. The third kappa shape index (κ3) is 3.53. The van der Waals surface area contributed by atoms with E-state index in [0.717, 1.165) is 24.4 Å². The van der Waals surface area contributed by atoms with Crippen molar-refractivity contribution in [2.45, 2.75) is 17.2 Å². The molecule has 106 valence electrons. The summed E-state index contributed by atoms with van der Waals surface area (Å²) in [5, 5.41) is 4.84. The number of piperazine rings is 1. The van der Waals surface area contributed by atoms with Gasteiger partial charge in [-0.1, -0.05) is 6.07 Å². The van der Waals surface area contributed by atoms with Crippen molar-refractivity contribution in [2.24, 2.45) is 0 Å². The number of nitrogens with zero attached hydrogens (tertiary/aromatic N) is 1. The molecule has 2 heterocycles. The predicted octanol–water partition coefficient (Wildman–Crippen LogP) is -0.153. The number of sulfonamides is 1. The van der Waals surface area contributed by atoms with Gasteiger partial charge in [-0.3, -0.25) is 4.79 Å². The smallest absolute Gasteiger partial charge is 0.250 e. The lowest BCUT2D eigenvalue weighted by Crippen LogP contribution is -2.53. The van der Waals surface area contributed by atoms with Gasteiger partial charge in [0.2, 0.25) is 5.91 Å². The molecule has 0 saturated carbocycles. The number of carbonyl (C=O) groups excluding carboxylic acids is 1. The van der Waals surface area contributed by atoms with Crippen LogP contribution >= 0.6 is 11.3 Å². The van der Waals surface area contributed by atoms with Crippen LogP contribution in [0, 0.1) is 0 Å². The van der Waals surface area contributed by atoms with Crippen LogP contribution in [-0.4, -0.2) is 51.4 Å². The summed E-state index contributed by atoms with van der Waals surface area (Å²) >= 11 is 1.13. The molecule has 0 aromatic carbocycles. The van der Waals surface area contributed by atoms with Crippen molar-refractivity contribution in [3.05, 3.63) is 17.5 Å². The van der Waals surface area contributed by atoms with Crippen LogP contribution in [0.2, 0.25) is 0 Å². The zero-order chi connectivity index (χ0) is 13.9. The summed E-state index contributed by atoms with van der Waals surface area (Å²) in [4.78, 5) is 13.8. The molecule has 2 rings (SSSR count). The highest BCUT2D eigenvalue weighted by molar-refractivity contribution is 7.91. The molecule has 1 atom stereocenters. The Hall–Kier alpha value is -0.960. The summed E-state index contributed by atoms with van der Waals surface area (Å²) in [7, 11) is -3.59. The maximum Gasteiger partial charge on any atom is 0.250 e. The molecular formula is C11H17N3O3S2. The third-order valence-electron chi connectivity index (χ3n) is 2.89. The van der Waals surface area contributed by atoms with Gasteiger partial charge >= 0.3 is 0 Å². The zero-order valence-electron chi connectivity index (χ0n) is 10.6. The summed E-state index contributed by atoms with van der Waals surface area (Å²) < 4.78 is 26.7. The average Bonchev–Trinajstić information content (AvgIpc) is 2.93. The lowest BCUT2D eigenvalue weighted by molar-refractivity contribution is -0.133. The number of hydrogen-bond donors (Lipinski definition) is 2. The average molecular weight is 303 g/mol. The van der Waals surface area contributed by atoms with Crippen LogP contribution in [0.15, 0.2) is 21.7 Å². The second kappa shape index (κ2) is 6.00. The van der Waals surface area contributed by atoms with Gasteiger partial charge in [-0.2, -0.15) is 4.72 Å². The minimum Gasteiger partial charge on any atom is -0.339 e. The van der Waals surface area contributed by atoms with Gasteiger partial charge < -0.3 is 10.2 Å². The monoisotopic (exact) mass is 303 g/mol. The van der Waals surface area contributed by atoms with E-state index in [2.05, 4.69) is 10.0 Å². The summed E-state index contributed by atoms with van der Waals surface area (Å²) in [5.41, 5.74) is 0. The van der Waals surface area contributed by atoms with E-state index in [4.69, 9.17) is 0 Å². The van der Waals surface area contributed by atoms with Crippen LogP contribution < -0.4 is 10.0 Å². The Morgan fingerprint density at radius 1 is 1.47 bits per heavy atom. The molecule has 8 heteroatoms. The first-order valence-corrected chi connectivity index (χ1v) is 8.42. The van der Waals surface area contributed by atoms with Crippen molar-refractivity contribution >= 4 is 27.3 Å². The van der Waals surface area contributed by atoms with E-state index in [9.17, 15) is 13.2 Å². The normalized spacial score (nSPS) is 18.3. The third-order valence-corrected chi connectivity index (χ3v) is 5.83. The number of hydrogen-bond acceptors (Lipinski definition) is 5. The Bertz CT molecular complexity index is 521. The van der Waals surface area contributed by atoms with Crippen molar-refractivity contribution in [1.29, 1.82) is 0 Å². The molecule has 0 radical (unpaired) electrons. The van der Waals surface area contributed by atoms with Crippen LogP contribution in [-0.2, 0) is 14.8 Å². The quantitative estimate of drug-likeness (QED) is 0.811. The van der Waals surface area contributed by atoms with Crippen LogP contribution in [0.4, 0.5) is 0 Å². The Morgan fingerprint density at radius 3 is 2.74 bits per heavy atom. The number of carbonyl (C=O) groups is 1. The first-order valence-electron chi connectivity index (χ1n) is 6.06. The van der Waals surface area contributed by atoms with E-state index in [1.807, 2.05) is 0 Å². The number of rotatable bonds is 4. The Kier molecular flexibility index (Phi) is 4.56. The van der Waals surface area contributed by atoms with Gasteiger partial charge in [-0.05, 0) is 18.4 Å². The molecule has 1 unspecified atom stereocenters. The maximum absolute atomic E-state index is 12.1. The van der Waals surface area contributed by atoms with E-state index in [1.165, 1.54) is 6.07 Å². The largest absolute Gasteiger partial charge is 0.339 e. The molecule has 0 bridgehead atoms. The van der Waals surface area contributed by atoms with E-state index >= 15 is 0 Å². The molecule has 1 saturated heterocycles. The van der Waals surface area contributed by atoms with E-state index < -0.39 is 16.1 Å². The van der Waals surface area contributed by atoms with Crippen LogP contribution in [0.3, 0.4) is 0 Å². The van der Waals surface area contributed by atoms with Crippen molar-refractivity contribution in [1.82, 2.24) is 14.9 Å². The SMILES string of the molecule is CC(NS(=O)(=O)c1cccs1)C(=O)N1CCNCC1. The maximum atomic E-state index is 12.1. The number of amides is 1. The first kappa shape index (κ1) is 14.4. The molecule has 19 heavy (non-hydrogen) atoms. The van der Waals surface area contributed by atoms with Gasteiger partial charge in [0, 0.05) is 26.2 Å². The van der Waals surface area contributed by atoms with Crippen molar-refractivity contribution in [3.63, 3.8) is 0 Å². The van der Waals surface area contributed by atoms with E-state index in [-0.39, 0.29) is 10.1 Å². The van der Waals surface area contributed by atoms with Crippen molar-refractivity contribution < 1.29 is 13.2 Å². The molecule has 1 aliphatic rings. The van der Waals surface area contributed by atoms with Crippen LogP contribution in [0.5, 0.6) is 0 Å². The predicted molar refractivity (Wildman–Crippen MR) is 73.6 cm³/mol. The summed E-state index contributed by atoms with van der Waals surface area (Å²) in [6.45, 7) is 4.30. The molecule has 0 spiro atoms. The Morgan fingerprint density at radius 2 is 2.16 bits per heavy atom. The molecule has 6 nitrogen and oxygen atoms in total. The van der Waals surface area contributed by atoms with Gasteiger partial charge in [-0.15, -0.1) is 11.3 Å². The summed E-state index contributed by atoms with van der Waals surface area (Å²) in [6.07, 6.45) is 0. The fourth-order valence-electron chi connectivity index (χ4n) is 1.92. The molecule has 1 amide bonds. The summed E-state index contributed by atoms with van der Waals surface area (Å²) in [6, 6.07) is 2.45. The van der Waals surface area contributed by atoms with E-state index in [0.29, 0.717) is 13.1 Å². The second-order valence-electron chi connectivity index (χ2n) is 4.35. The minimum absolute atomic E-state index is 0.179. The van der Waals surface area contributed by atoms with Gasteiger partial charge in [0.05, 0.1) is 6.04 Å². The molecule has 1 aliphatic heterocycles. The number of nitrogens with one attached hydrogen (secondary N) is 2. The zero-order valence-corrected chi connectivity index (χ0v) is 12.3. The highest BCUT2D eigenvalue weighted by atomic mass is 32.2. The Balaban J connectivity index is 2.00. The fourth-order valence-corrected chi connectivity index (χ4v) is 4.12. The molecule has 2 N–H and O–H groups in total. The lowest BCUT2D eigenvalue weighted by Gasteiger charge is -2.29. The van der Waals surface area contributed by atoms with Gasteiger partial charge in [0.25, 0.3) is 10.0 Å². The molecular weight excluding hydrogens is 286 g/mol. The molecule has 0 aliphatic carbocycles. The summed E-state index contributed by atoms with van der Waals surface area (Å²) in [5.74, 6) is -0.179. The minimum atomic E-state index is -3.59. The second-order valence-corrected chi connectivity index (χ2v) is 7.24. The van der Waals surface area contributed by atoms with Crippen molar-refractivity contribution in [3.8, 4) is 0 Å².